The number of nitrogens with one attached hydrogen (secondary N) is 2. The van der Waals surface area contributed by atoms with Gasteiger partial charge in [0.1, 0.15) is 6.04 Å². The molecule has 2 aromatic carbocycles. The van der Waals surface area contributed by atoms with Crippen LogP contribution in [0.1, 0.15) is 34.7 Å². The highest BCUT2D eigenvalue weighted by atomic mass is 16.5. The maximum absolute atomic E-state index is 12.6. The molecule has 4 rings (SSSR count). The third-order valence-corrected chi connectivity index (χ3v) is 6.77. The number of hydrogen-bond acceptors (Lipinski definition) is 3. The zero-order valence-corrected chi connectivity index (χ0v) is 18.3. The summed E-state index contributed by atoms with van der Waals surface area (Å²) in [5, 5.41) is 9.77. The molecule has 7 heteroatoms. The van der Waals surface area contributed by atoms with Gasteiger partial charge in [-0.15, -0.1) is 0 Å². The van der Waals surface area contributed by atoms with E-state index in [2.05, 4.69) is 37.3 Å². The van der Waals surface area contributed by atoms with E-state index in [0.717, 1.165) is 34.9 Å². The van der Waals surface area contributed by atoms with E-state index in [1.807, 2.05) is 30.5 Å². The average Bonchev–Trinajstić information content (AvgIpc) is 3.39. The molecule has 0 fully saturated rings. The minimum Gasteiger partial charge on any atom is -0.364 e. The van der Waals surface area contributed by atoms with Gasteiger partial charge in [-0.1, -0.05) is 36.4 Å². The Morgan fingerprint density at radius 2 is 2.06 bits per heavy atom. The van der Waals surface area contributed by atoms with Crippen LogP contribution in [-0.2, 0) is 22.4 Å². The van der Waals surface area contributed by atoms with Crippen LogP contribution < -0.4 is 11.2 Å². The first-order chi connectivity index (χ1) is 15.3. The molecule has 1 aliphatic carbocycles. The van der Waals surface area contributed by atoms with Gasteiger partial charge in [0.05, 0.1) is 14.1 Å². The average molecular weight is 434 g/mol. The van der Waals surface area contributed by atoms with E-state index in [-0.39, 0.29) is 18.0 Å². The number of aryl methyl sites for hydroxylation is 1. The van der Waals surface area contributed by atoms with E-state index in [4.69, 9.17) is 10.9 Å². The van der Waals surface area contributed by atoms with Gasteiger partial charge in [0, 0.05) is 41.6 Å². The number of primary amides is 1. The predicted molar refractivity (Wildman–Crippen MR) is 124 cm³/mol. The van der Waals surface area contributed by atoms with Crippen LogP contribution in [0, 0.1) is 0 Å². The molecule has 166 valence electrons. The summed E-state index contributed by atoms with van der Waals surface area (Å²) in [5.74, 6) is -0.869. The minimum absolute atomic E-state index is 0.145. The maximum atomic E-state index is 12.6. The molecule has 1 heterocycles. The quantitative estimate of drug-likeness (QED) is 0.199. The van der Waals surface area contributed by atoms with Crippen LogP contribution >= 0.6 is 0 Å². The van der Waals surface area contributed by atoms with Crippen molar-refractivity contribution in [3.8, 4) is 0 Å². The Morgan fingerprint density at radius 3 is 2.81 bits per heavy atom. The van der Waals surface area contributed by atoms with Crippen molar-refractivity contribution in [2.45, 2.75) is 31.3 Å². The molecular weight excluding hydrogens is 404 g/mol. The monoisotopic (exact) mass is 433 g/mol. The van der Waals surface area contributed by atoms with Crippen LogP contribution in [0.3, 0.4) is 0 Å². The van der Waals surface area contributed by atoms with E-state index in [1.165, 1.54) is 17.2 Å². The summed E-state index contributed by atoms with van der Waals surface area (Å²) in [7, 11) is 4.17. The van der Waals surface area contributed by atoms with Gasteiger partial charge in [-0.25, -0.2) is 5.48 Å². The summed E-state index contributed by atoms with van der Waals surface area (Å²) in [6.07, 6.45) is 7.32. The Balaban J connectivity index is 1.61. The van der Waals surface area contributed by atoms with Crippen molar-refractivity contribution >= 4 is 28.8 Å². The molecule has 1 aromatic heterocycles. The number of hydrogen-bond donors (Lipinski definition) is 4. The van der Waals surface area contributed by atoms with Gasteiger partial charge < -0.3 is 15.2 Å². The summed E-state index contributed by atoms with van der Waals surface area (Å²) >= 11 is 0. The van der Waals surface area contributed by atoms with Crippen LogP contribution in [0.15, 0.2) is 54.7 Å². The highest BCUT2D eigenvalue weighted by molar-refractivity contribution is 5.90. The predicted octanol–water partition coefficient (Wildman–Crippen LogP) is 2.85. The van der Waals surface area contributed by atoms with Crippen LogP contribution in [0.4, 0.5) is 0 Å². The smallest absolute Gasteiger partial charge is 0.276 e. The van der Waals surface area contributed by atoms with Gasteiger partial charge >= 0.3 is 0 Å². The third kappa shape index (κ3) is 4.04. The summed E-state index contributed by atoms with van der Waals surface area (Å²) in [5.41, 5.74) is 13.0. The van der Waals surface area contributed by atoms with E-state index in [1.54, 1.807) is 11.6 Å². The second kappa shape index (κ2) is 8.61. The van der Waals surface area contributed by atoms with Crippen molar-refractivity contribution in [1.82, 2.24) is 10.5 Å². The minimum atomic E-state index is -0.567. The van der Waals surface area contributed by atoms with Crippen LogP contribution in [0.2, 0.25) is 0 Å². The highest BCUT2D eigenvalue weighted by Crippen LogP contribution is 2.41. The summed E-state index contributed by atoms with van der Waals surface area (Å²) < 4.78 is 0.476. The van der Waals surface area contributed by atoms with Crippen molar-refractivity contribution in [3.63, 3.8) is 0 Å². The normalized spacial score (nSPS) is 16.9. The number of rotatable bonds is 7. The van der Waals surface area contributed by atoms with Gasteiger partial charge in [0.15, 0.2) is 6.04 Å². The number of nitrogens with two attached hydrogens (primary N) is 1. The number of carbonyl (C=O) groups excluding carboxylic acids is 2. The molecule has 0 radical (unpaired) electrons. The van der Waals surface area contributed by atoms with E-state index >= 15 is 0 Å². The van der Waals surface area contributed by atoms with Crippen LogP contribution in [0.5, 0.6) is 0 Å². The van der Waals surface area contributed by atoms with Gasteiger partial charge in [0.25, 0.3) is 11.8 Å². The zero-order valence-electron chi connectivity index (χ0n) is 18.3. The van der Waals surface area contributed by atoms with Gasteiger partial charge in [-0.3, -0.25) is 14.8 Å². The molecule has 0 spiro atoms. The number of fused-ring (bicyclic) bond motifs is 2. The van der Waals surface area contributed by atoms with Crippen molar-refractivity contribution in [2.24, 2.45) is 5.73 Å². The number of quaternary nitrogens is 1. The summed E-state index contributed by atoms with van der Waals surface area (Å²) in [4.78, 5) is 27.2. The number of aromatic nitrogens is 1. The number of hydroxylamine groups is 1. The number of likely N-dealkylation sites (N-methyl/N-ethyl adjacent to an activating group) is 1. The highest BCUT2D eigenvalue weighted by Gasteiger charge is 2.43. The summed E-state index contributed by atoms with van der Waals surface area (Å²) in [6.45, 7) is 0. The first-order valence-corrected chi connectivity index (χ1v) is 10.7. The number of nitrogens with zero attached hydrogens (tertiary/aromatic N) is 1. The van der Waals surface area contributed by atoms with Crippen molar-refractivity contribution < 1.29 is 19.3 Å². The number of carbonyl (C=O) groups is 2. The second-order valence-electron chi connectivity index (χ2n) is 8.93. The lowest BCUT2D eigenvalue weighted by atomic mass is 9.96. The SMILES string of the molecule is C[N+](C)(C1CCc2cc(C=CC(=O)NO)ccc21)[C@@H](Cc1c[nH]c2ccccc12)C(N)=O. The molecule has 3 aromatic rings. The molecule has 7 nitrogen and oxygen atoms in total. The molecule has 32 heavy (non-hydrogen) atoms. The fourth-order valence-electron chi connectivity index (χ4n) is 5.01. The molecule has 2 atom stereocenters. The Morgan fingerprint density at radius 1 is 1.28 bits per heavy atom. The van der Waals surface area contributed by atoms with Gasteiger partial charge in [-0.2, -0.15) is 0 Å². The van der Waals surface area contributed by atoms with E-state index in [9.17, 15) is 9.59 Å². The zero-order chi connectivity index (χ0) is 22.9. The van der Waals surface area contributed by atoms with Crippen LogP contribution in [0.25, 0.3) is 17.0 Å². The molecular formula is C25H29N4O3+. The first-order valence-electron chi connectivity index (χ1n) is 10.7. The second-order valence-corrected chi connectivity index (χ2v) is 8.93. The fraction of sp³-hybridized carbons (Fsp3) is 0.280. The third-order valence-electron chi connectivity index (χ3n) is 6.77. The molecule has 1 unspecified atom stereocenters. The van der Waals surface area contributed by atoms with E-state index < -0.39 is 5.91 Å². The van der Waals surface area contributed by atoms with Crippen LogP contribution in [-0.4, -0.2) is 46.6 Å². The molecule has 0 bridgehead atoms. The number of para-hydroxylation sites is 1. The lowest BCUT2D eigenvalue weighted by molar-refractivity contribution is -0.935. The lowest BCUT2D eigenvalue weighted by Crippen LogP contribution is -2.57. The number of benzene rings is 2. The Hall–Kier alpha value is -3.42. The Bertz CT molecular complexity index is 1190. The van der Waals surface area contributed by atoms with Gasteiger partial charge in [0.2, 0.25) is 0 Å². The molecule has 0 saturated carbocycles. The maximum Gasteiger partial charge on any atom is 0.276 e. The summed E-state index contributed by atoms with van der Waals surface area (Å²) in [6, 6.07) is 14.0. The van der Waals surface area contributed by atoms with Gasteiger partial charge in [-0.05, 0) is 35.3 Å². The van der Waals surface area contributed by atoms with Crippen molar-refractivity contribution in [3.05, 3.63) is 77.0 Å². The largest absolute Gasteiger partial charge is 0.364 e. The Labute approximate surface area is 187 Å². The van der Waals surface area contributed by atoms with Crippen molar-refractivity contribution in [1.29, 1.82) is 0 Å². The molecule has 5 N–H and O–H groups in total. The molecule has 2 amide bonds. The number of amides is 2. The topological polar surface area (TPSA) is 108 Å². The van der Waals surface area contributed by atoms with E-state index in [0.29, 0.717) is 10.9 Å². The fourth-order valence-corrected chi connectivity index (χ4v) is 5.01. The molecule has 0 aliphatic heterocycles. The molecule has 1 aliphatic rings. The number of aromatic amines is 1. The molecule has 0 saturated heterocycles. The number of H-pyrrole nitrogens is 1. The lowest BCUT2D eigenvalue weighted by Gasteiger charge is -2.42. The van der Waals surface area contributed by atoms with Crippen molar-refractivity contribution in [2.75, 3.05) is 14.1 Å². The Kier molecular flexibility index (Phi) is 5.86. The first kappa shape index (κ1) is 21.8. The standard InChI is InChI=1S/C25H28N4O3/c1-29(2,23(25(26)31)14-18-15-27-21-6-4-3-5-19(18)21)22-11-9-17-13-16(7-10-20(17)22)8-12-24(30)28-32/h3-8,10,12-13,15,22-23,27H,9,11,14H2,1-2H3,(H3-,26,28,30,31,32)/p+1/t22?,23-/m0/s1.